The third-order valence-electron chi connectivity index (χ3n) is 5.68. The van der Waals surface area contributed by atoms with E-state index in [-0.39, 0.29) is 11.7 Å². The van der Waals surface area contributed by atoms with Gasteiger partial charge in [-0.2, -0.15) is 4.99 Å². The van der Waals surface area contributed by atoms with Crippen molar-refractivity contribution in [3.8, 4) is 11.5 Å². The van der Waals surface area contributed by atoms with Crippen LogP contribution in [0.15, 0.2) is 76.4 Å². The number of hydrogen-bond donors (Lipinski definition) is 1. The molecule has 0 atom stereocenters. The van der Waals surface area contributed by atoms with Crippen molar-refractivity contribution in [2.75, 3.05) is 13.7 Å². The van der Waals surface area contributed by atoms with Gasteiger partial charge in [-0.3, -0.25) is 15.1 Å². The van der Waals surface area contributed by atoms with Crippen molar-refractivity contribution in [1.29, 1.82) is 5.41 Å². The van der Waals surface area contributed by atoms with Crippen molar-refractivity contribution in [3.63, 3.8) is 0 Å². The Morgan fingerprint density at radius 3 is 2.68 bits per heavy atom. The maximum atomic E-state index is 12.7. The molecule has 0 fully saturated rings. The van der Waals surface area contributed by atoms with Crippen molar-refractivity contribution in [3.05, 3.63) is 77.0 Å². The van der Waals surface area contributed by atoms with Crippen LogP contribution in [0.1, 0.15) is 18.9 Å². The Hall–Kier alpha value is -3.78. The topological polar surface area (TPSA) is 79.9 Å². The van der Waals surface area contributed by atoms with Gasteiger partial charge in [0, 0.05) is 40.3 Å². The fourth-order valence-electron chi connectivity index (χ4n) is 4.03. The number of carbonyl (C=O) groups excluding carboxylic acids is 1. The minimum Gasteiger partial charge on any atom is -0.497 e. The molecule has 2 aliphatic rings. The van der Waals surface area contributed by atoms with Crippen LogP contribution in [0.2, 0.25) is 0 Å². The quantitative estimate of drug-likeness (QED) is 0.374. The number of amidine groups is 2. The van der Waals surface area contributed by atoms with Crippen molar-refractivity contribution >= 4 is 45.7 Å². The van der Waals surface area contributed by atoms with Gasteiger partial charge in [0.2, 0.25) is 0 Å². The summed E-state index contributed by atoms with van der Waals surface area (Å²) in [5, 5.41) is 10.1. The highest BCUT2D eigenvalue weighted by Crippen LogP contribution is 2.33. The maximum Gasteiger partial charge on any atom is 0.283 e. The Bertz CT molecular complexity index is 1370. The molecule has 34 heavy (non-hydrogen) atoms. The van der Waals surface area contributed by atoms with E-state index < -0.39 is 0 Å². The fourth-order valence-corrected chi connectivity index (χ4v) is 4.85. The molecule has 2 aliphatic heterocycles. The number of ether oxygens (including phenoxy) is 2. The second-order valence-corrected chi connectivity index (χ2v) is 9.20. The average molecular weight is 473 g/mol. The van der Waals surface area contributed by atoms with Crippen molar-refractivity contribution in [2.45, 2.75) is 19.9 Å². The van der Waals surface area contributed by atoms with E-state index in [2.05, 4.69) is 15.6 Å². The van der Waals surface area contributed by atoms with Gasteiger partial charge < -0.3 is 14.0 Å². The third kappa shape index (κ3) is 4.24. The number of para-hydroxylation sites is 1. The molecule has 3 aromatic rings. The number of carbonyl (C=O) groups is 1. The van der Waals surface area contributed by atoms with Crippen molar-refractivity contribution in [2.24, 2.45) is 4.99 Å². The van der Waals surface area contributed by atoms with Crippen LogP contribution in [-0.2, 0) is 11.3 Å². The van der Waals surface area contributed by atoms with Gasteiger partial charge in [-0.05, 0) is 49.8 Å². The Kier molecular flexibility index (Phi) is 5.98. The van der Waals surface area contributed by atoms with E-state index in [9.17, 15) is 4.79 Å². The Morgan fingerprint density at radius 1 is 1.12 bits per heavy atom. The number of aromatic nitrogens is 1. The molecular weight excluding hydrogens is 448 g/mol. The molecule has 1 amide bonds. The molecule has 7 nitrogen and oxygen atoms in total. The van der Waals surface area contributed by atoms with Crippen LogP contribution in [0.4, 0.5) is 0 Å². The third-order valence-corrected chi connectivity index (χ3v) is 6.58. The minimum atomic E-state index is -0.378. The van der Waals surface area contributed by atoms with E-state index in [0.717, 1.165) is 45.8 Å². The Morgan fingerprint density at radius 2 is 1.88 bits per heavy atom. The predicted octanol–water partition coefficient (Wildman–Crippen LogP) is 5.29. The fraction of sp³-hybridized carbons (Fsp3) is 0.192. The summed E-state index contributed by atoms with van der Waals surface area (Å²) in [6, 6.07) is 15.6. The minimum absolute atomic E-state index is 0.157. The highest BCUT2D eigenvalue weighted by atomic mass is 32.2. The number of hydrogen-bond acceptors (Lipinski definition) is 5. The molecular formula is C26H24N4O3S. The van der Waals surface area contributed by atoms with Gasteiger partial charge in [0.25, 0.3) is 5.91 Å². The first-order valence-corrected chi connectivity index (χ1v) is 11.8. The SMILES string of the molecule is COc1ccc(OCCCn2cc(C=C3C(=N)N4C=C(C)SC4=NC3=O)c3ccccc32)cc1. The van der Waals surface area contributed by atoms with Gasteiger partial charge in [0.05, 0.1) is 19.3 Å². The van der Waals surface area contributed by atoms with Gasteiger partial charge in [0.15, 0.2) is 5.17 Å². The van der Waals surface area contributed by atoms with Gasteiger partial charge in [0.1, 0.15) is 17.3 Å². The zero-order valence-electron chi connectivity index (χ0n) is 18.9. The molecule has 0 bridgehead atoms. The highest BCUT2D eigenvalue weighted by molar-refractivity contribution is 8.17. The number of fused-ring (bicyclic) bond motifs is 2. The van der Waals surface area contributed by atoms with Gasteiger partial charge in [-0.25, -0.2) is 0 Å². The molecule has 1 aromatic heterocycles. The summed E-state index contributed by atoms with van der Waals surface area (Å²) in [4.78, 5) is 19.6. The number of nitrogens with zero attached hydrogens (tertiary/aromatic N) is 3. The van der Waals surface area contributed by atoms with Gasteiger partial charge in [-0.1, -0.05) is 30.0 Å². The molecule has 0 spiro atoms. The lowest BCUT2D eigenvalue weighted by atomic mass is 10.1. The van der Waals surface area contributed by atoms with Crippen LogP contribution in [-0.4, -0.2) is 40.1 Å². The maximum absolute atomic E-state index is 12.7. The summed E-state index contributed by atoms with van der Waals surface area (Å²) in [6.07, 6.45) is 6.48. The van der Waals surface area contributed by atoms with Crippen LogP contribution >= 0.6 is 11.8 Å². The number of aliphatic imine (C=N–C) groups is 1. The summed E-state index contributed by atoms with van der Waals surface area (Å²) in [5.74, 6) is 1.39. The van der Waals surface area contributed by atoms with Crippen molar-refractivity contribution in [1.82, 2.24) is 9.47 Å². The van der Waals surface area contributed by atoms with Crippen LogP contribution in [0.3, 0.4) is 0 Å². The Balaban J connectivity index is 1.34. The first kappa shape index (κ1) is 22.0. The zero-order valence-corrected chi connectivity index (χ0v) is 19.8. The van der Waals surface area contributed by atoms with Crippen LogP contribution in [0.25, 0.3) is 17.0 Å². The number of methoxy groups -OCH3 is 1. The molecule has 2 aromatic carbocycles. The lowest BCUT2D eigenvalue weighted by molar-refractivity contribution is -0.114. The summed E-state index contributed by atoms with van der Waals surface area (Å²) in [6.45, 7) is 3.28. The van der Waals surface area contributed by atoms with Crippen molar-refractivity contribution < 1.29 is 14.3 Å². The molecule has 172 valence electrons. The van der Waals surface area contributed by atoms with Crippen LogP contribution < -0.4 is 9.47 Å². The van der Waals surface area contributed by atoms with E-state index >= 15 is 0 Å². The second kappa shape index (κ2) is 9.23. The highest BCUT2D eigenvalue weighted by Gasteiger charge is 2.33. The summed E-state index contributed by atoms with van der Waals surface area (Å²) >= 11 is 1.41. The first-order valence-electron chi connectivity index (χ1n) is 11.0. The number of rotatable bonds is 7. The van der Waals surface area contributed by atoms with E-state index in [1.165, 1.54) is 11.8 Å². The molecule has 5 rings (SSSR count). The number of thioether (sulfide) groups is 1. The molecule has 8 heteroatoms. The van der Waals surface area contributed by atoms with Gasteiger partial charge >= 0.3 is 0 Å². The number of benzene rings is 2. The number of aryl methyl sites for hydroxylation is 1. The first-order chi connectivity index (χ1) is 16.5. The monoisotopic (exact) mass is 472 g/mol. The summed E-state index contributed by atoms with van der Waals surface area (Å²) in [7, 11) is 1.64. The molecule has 0 saturated heterocycles. The second-order valence-electron chi connectivity index (χ2n) is 7.99. The normalized spacial score (nSPS) is 16.6. The molecule has 0 radical (unpaired) electrons. The molecule has 1 N–H and O–H groups in total. The average Bonchev–Trinajstić information content (AvgIpc) is 3.39. The van der Waals surface area contributed by atoms with E-state index in [4.69, 9.17) is 14.9 Å². The zero-order chi connectivity index (χ0) is 23.7. The lowest BCUT2D eigenvalue weighted by Crippen LogP contribution is -2.35. The molecule has 0 aliphatic carbocycles. The smallest absolute Gasteiger partial charge is 0.283 e. The standard InChI is InChI=1S/C26H24N4O3S/c1-17-15-30-24(27)22(25(31)28-26(30)34-17)14-18-16-29(23-7-4-3-6-21(18)23)12-5-13-33-20-10-8-19(32-2)9-11-20/h3-4,6-11,14-16,27H,5,12-13H2,1-2H3. The van der Waals surface area contributed by atoms with Crippen LogP contribution in [0.5, 0.6) is 11.5 Å². The molecule has 0 saturated carbocycles. The number of allylic oxidation sites excluding steroid dienone is 1. The van der Waals surface area contributed by atoms with Crippen LogP contribution in [0, 0.1) is 5.41 Å². The lowest BCUT2D eigenvalue weighted by Gasteiger charge is -2.22. The number of nitrogens with one attached hydrogen (secondary N) is 1. The molecule has 0 unspecified atom stereocenters. The Labute approximate surface area is 201 Å². The summed E-state index contributed by atoms with van der Waals surface area (Å²) < 4.78 is 13.2. The van der Waals surface area contributed by atoms with E-state index in [1.807, 2.05) is 61.8 Å². The largest absolute Gasteiger partial charge is 0.497 e. The van der Waals surface area contributed by atoms with Gasteiger partial charge in [-0.15, -0.1) is 0 Å². The van der Waals surface area contributed by atoms with E-state index in [0.29, 0.717) is 17.3 Å². The summed E-state index contributed by atoms with van der Waals surface area (Å²) in [5.41, 5.74) is 2.26. The molecule has 3 heterocycles. The van der Waals surface area contributed by atoms with E-state index in [1.54, 1.807) is 18.1 Å². The number of amides is 1. The predicted molar refractivity (Wildman–Crippen MR) is 136 cm³/mol.